The van der Waals surface area contributed by atoms with Crippen molar-refractivity contribution in [2.45, 2.75) is 13.8 Å². The Labute approximate surface area is 153 Å². The lowest BCUT2D eigenvalue weighted by Crippen LogP contribution is -2.00. The summed E-state index contributed by atoms with van der Waals surface area (Å²) in [4.78, 5) is 23.3. The molecule has 7 nitrogen and oxygen atoms in total. The highest BCUT2D eigenvalue weighted by Crippen LogP contribution is 2.47. The van der Waals surface area contributed by atoms with Gasteiger partial charge in [-0.05, 0) is 43.2 Å². The topological polar surface area (TPSA) is 135 Å². The first kappa shape index (κ1) is 18.1. The Morgan fingerprint density at radius 3 is 1.89 bits per heavy atom. The number of benzene rings is 3. The number of carbonyl (C=O) groups excluding carboxylic acids is 2. The smallest absolute Gasteiger partial charge is 0.161 e. The van der Waals surface area contributed by atoms with E-state index < -0.39 is 23.0 Å². The number of aromatic hydroxyl groups is 5. The molecule has 3 rings (SSSR count). The second-order valence-corrected chi connectivity index (χ2v) is 6.24. The lowest BCUT2D eigenvalue weighted by atomic mass is 9.86. The summed E-state index contributed by atoms with van der Waals surface area (Å²) in [5, 5.41) is 50.6. The number of aldehydes is 2. The van der Waals surface area contributed by atoms with E-state index in [0.717, 1.165) is 6.07 Å². The van der Waals surface area contributed by atoms with Crippen molar-refractivity contribution in [3.05, 3.63) is 40.5 Å². The zero-order valence-electron chi connectivity index (χ0n) is 14.4. The minimum atomic E-state index is -0.510. The van der Waals surface area contributed by atoms with Crippen LogP contribution >= 0.6 is 0 Å². The maximum absolute atomic E-state index is 11.8. The minimum absolute atomic E-state index is 0.0516. The molecule has 0 heterocycles. The van der Waals surface area contributed by atoms with Gasteiger partial charge in [-0.15, -0.1) is 0 Å². The van der Waals surface area contributed by atoms with Crippen molar-refractivity contribution in [2.75, 3.05) is 0 Å². The van der Waals surface area contributed by atoms with Gasteiger partial charge in [0.1, 0.15) is 5.75 Å². The van der Waals surface area contributed by atoms with Crippen LogP contribution in [0.1, 0.15) is 31.8 Å². The van der Waals surface area contributed by atoms with Crippen molar-refractivity contribution >= 4 is 23.3 Å². The zero-order chi connectivity index (χ0) is 20.0. The summed E-state index contributed by atoms with van der Waals surface area (Å²) in [5.41, 5.74) is 0.504. The fourth-order valence-electron chi connectivity index (χ4n) is 3.29. The largest absolute Gasteiger partial charge is 0.507 e. The molecule has 27 heavy (non-hydrogen) atoms. The van der Waals surface area contributed by atoms with Crippen LogP contribution in [0.2, 0.25) is 0 Å². The SMILES string of the molecule is Cc1cc(-c2c(C=O)c(C=O)c(O)c3cc(O)c(O)c(C)c23)cc(O)c1O. The van der Waals surface area contributed by atoms with E-state index in [9.17, 15) is 35.1 Å². The Morgan fingerprint density at radius 1 is 0.741 bits per heavy atom. The molecule has 138 valence electrons. The Balaban J connectivity index is 2.66. The number of hydrogen-bond acceptors (Lipinski definition) is 7. The predicted octanol–water partition coefficient (Wildman–Crippen LogP) is 3.28. The van der Waals surface area contributed by atoms with Crippen molar-refractivity contribution in [3.63, 3.8) is 0 Å². The molecular weight excluding hydrogens is 352 g/mol. The van der Waals surface area contributed by atoms with Gasteiger partial charge in [-0.1, -0.05) is 0 Å². The summed E-state index contributed by atoms with van der Waals surface area (Å²) in [5.74, 6) is -2.22. The lowest BCUT2D eigenvalue weighted by molar-refractivity contribution is 0.109. The Kier molecular flexibility index (Phi) is 4.15. The minimum Gasteiger partial charge on any atom is -0.507 e. The number of aryl methyl sites for hydroxylation is 2. The lowest BCUT2D eigenvalue weighted by Gasteiger charge is -2.18. The average Bonchev–Trinajstić information content (AvgIpc) is 2.64. The monoisotopic (exact) mass is 368 g/mol. The van der Waals surface area contributed by atoms with E-state index in [4.69, 9.17) is 0 Å². The van der Waals surface area contributed by atoms with Crippen LogP contribution in [0, 0.1) is 13.8 Å². The first-order valence-electron chi connectivity index (χ1n) is 7.90. The molecule has 0 aliphatic rings. The average molecular weight is 368 g/mol. The molecule has 0 aliphatic carbocycles. The van der Waals surface area contributed by atoms with Crippen LogP contribution in [0.25, 0.3) is 21.9 Å². The molecule has 0 bridgehead atoms. The van der Waals surface area contributed by atoms with E-state index in [1.165, 1.54) is 19.1 Å². The van der Waals surface area contributed by atoms with Crippen LogP contribution in [0.4, 0.5) is 0 Å². The van der Waals surface area contributed by atoms with Gasteiger partial charge in [0, 0.05) is 27.5 Å². The summed E-state index contributed by atoms with van der Waals surface area (Å²) >= 11 is 0. The van der Waals surface area contributed by atoms with Crippen LogP contribution in [0.3, 0.4) is 0 Å². The van der Waals surface area contributed by atoms with Crippen LogP contribution < -0.4 is 0 Å². The fourth-order valence-corrected chi connectivity index (χ4v) is 3.29. The Morgan fingerprint density at radius 2 is 1.33 bits per heavy atom. The number of phenols is 5. The van der Waals surface area contributed by atoms with Gasteiger partial charge in [-0.25, -0.2) is 0 Å². The van der Waals surface area contributed by atoms with E-state index in [1.807, 2.05) is 0 Å². The molecule has 0 saturated carbocycles. The summed E-state index contributed by atoms with van der Waals surface area (Å²) in [6.07, 6.45) is 0.704. The second-order valence-electron chi connectivity index (χ2n) is 6.24. The second kappa shape index (κ2) is 6.21. The van der Waals surface area contributed by atoms with Crippen LogP contribution in [0.5, 0.6) is 28.7 Å². The van der Waals surface area contributed by atoms with Gasteiger partial charge in [-0.2, -0.15) is 0 Å². The van der Waals surface area contributed by atoms with E-state index >= 15 is 0 Å². The van der Waals surface area contributed by atoms with E-state index in [2.05, 4.69) is 0 Å². The Hall–Kier alpha value is -3.74. The molecule has 3 aromatic carbocycles. The third-order valence-electron chi connectivity index (χ3n) is 4.65. The number of hydrogen-bond donors (Lipinski definition) is 5. The molecule has 7 heteroatoms. The number of rotatable bonds is 3. The first-order valence-corrected chi connectivity index (χ1v) is 7.90. The normalized spacial score (nSPS) is 10.9. The predicted molar refractivity (Wildman–Crippen MR) is 98.0 cm³/mol. The van der Waals surface area contributed by atoms with Crippen LogP contribution in [-0.2, 0) is 0 Å². The van der Waals surface area contributed by atoms with Gasteiger partial charge >= 0.3 is 0 Å². The highest BCUT2D eigenvalue weighted by atomic mass is 16.3. The molecule has 0 fully saturated rings. The molecule has 0 saturated heterocycles. The van der Waals surface area contributed by atoms with Gasteiger partial charge in [-0.3, -0.25) is 9.59 Å². The van der Waals surface area contributed by atoms with Crippen LogP contribution in [-0.4, -0.2) is 38.1 Å². The molecular formula is C20H16O7. The highest BCUT2D eigenvalue weighted by molar-refractivity contribution is 6.15. The summed E-state index contributed by atoms with van der Waals surface area (Å²) in [6, 6.07) is 3.79. The first-order chi connectivity index (χ1) is 12.7. The quantitative estimate of drug-likeness (QED) is 0.353. The zero-order valence-corrected chi connectivity index (χ0v) is 14.4. The third kappa shape index (κ3) is 2.52. The van der Waals surface area contributed by atoms with E-state index in [-0.39, 0.29) is 44.3 Å². The van der Waals surface area contributed by atoms with Crippen LogP contribution in [0.15, 0.2) is 18.2 Å². The molecule has 0 unspecified atom stereocenters. The van der Waals surface area contributed by atoms with Gasteiger partial charge < -0.3 is 25.5 Å². The molecule has 3 aromatic rings. The van der Waals surface area contributed by atoms with Crippen molar-refractivity contribution in [1.29, 1.82) is 0 Å². The fraction of sp³-hybridized carbons (Fsp3) is 0.100. The van der Waals surface area contributed by atoms with E-state index in [1.54, 1.807) is 6.92 Å². The summed E-state index contributed by atoms with van der Waals surface area (Å²) in [7, 11) is 0. The van der Waals surface area contributed by atoms with Crippen molar-refractivity contribution in [2.24, 2.45) is 0 Å². The molecule has 0 spiro atoms. The van der Waals surface area contributed by atoms with Gasteiger partial charge in [0.05, 0.1) is 5.56 Å². The van der Waals surface area contributed by atoms with Crippen molar-refractivity contribution in [3.8, 4) is 39.9 Å². The standard InChI is InChI=1S/C20H16O7/c1-8-3-10(4-14(23)18(8)25)17-12(6-21)13(7-22)20(27)11-5-15(24)19(26)9(2)16(11)17/h3-7,23-27H,1-2H3. The van der Waals surface area contributed by atoms with Gasteiger partial charge in [0.25, 0.3) is 0 Å². The highest BCUT2D eigenvalue weighted by Gasteiger charge is 2.24. The maximum Gasteiger partial charge on any atom is 0.161 e. The van der Waals surface area contributed by atoms with Gasteiger partial charge in [0.15, 0.2) is 35.6 Å². The molecule has 0 aromatic heterocycles. The summed E-state index contributed by atoms with van der Waals surface area (Å²) in [6.45, 7) is 3.02. The number of carbonyl (C=O) groups is 2. The molecule has 0 atom stereocenters. The number of phenolic OH excluding ortho intramolecular Hbond substituents is 5. The Bertz CT molecular complexity index is 1110. The molecule has 0 amide bonds. The molecule has 0 aliphatic heterocycles. The third-order valence-corrected chi connectivity index (χ3v) is 4.65. The van der Waals surface area contributed by atoms with Gasteiger partial charge in [0.2, 0.25) is 0 Å². The number of fused-ring (bicyclic) bond motifs is 1. The van der Waals surface area contributed by atoms with Crippen molar-refractivity contribution < 1.29 is 35.1 Å². The van der Waals surface area contributed by atoms with Crippen molar-refractivity contribution in [1.82, 2.24) is 0 Å². The molecule has 5 N–H and O–H groups in total. The maximum atomic E-state index is 11.8. The summed E-state index contributed by atoms with van der Waals surface area (Å²) < 4.78 is 0. The molecule has 0 radical (unpaired) electrons. The van der Waals surface area contributed by atoms with E-state index in [0.29, 0.717) is 18.1 Å².